The van der Waals surface area contributed by atoms with Gasteiger partial charge in [-0.3, -0.25) is 4.79 Å². The van der Waals surface area contributed by atoms with E-state index in [2.05, 4.69) is 10.6 Å². The minimum absolute atomic E-state index is 0.148. The Morgan fingerprint density at radius 3 is 2.71 bits per heavy atom. The predicted octanol–water partition coefficient (Wildman–Crippen LogP) is -1.08. The van der Waals surface area contributed by atoms with Crippen molar-refractivity contribution < 1.29 is 9.90 Å². The molecule has 0 aliphatic rings. The summed E-state index contributed by atoms with van der Waals surface area (Å²) in [6, 6.07) is 1.94. The van der Waals surface area contributed by atoms with Crippen molar-refractivity contribution in [3.05, 3.63) is 0 Å². The van der Waals surface area contributed by atoms with Gasteiger partial charge in [0.1, 0.15) is 0 Å². The average Bonchev–Trinajstić information content (AvgIpc) is 2.15. The van der Waals surface area contributed by atoms with E-state index in [1.807, 2.05) is 25.1 Å². The summed E-state index contributed by atoms with van der Waals surface area (Å²) >= 11 is 0. The van der Waals surface area contributed by atoms with Crippen molar-refractivity contribution in [3.63, 3.8) is 0 Å². The Labute approximate surface area is 103 Å². The highest BCUT2D eigenvalue weighted by Crippen LogP contribution is 2.01. The van der Waals surface area contributed by atoms with Crippen LogP contribution >= 0.6 is 0 Å². The molecule has 0 spiro atoms. The summed E-state index contributed by atoms with van der Waals surface area (Å²) in [7, 11) is 3.76. The summed E-state index contributed by atoms with van der Waals surface area (Å²) in [6.45, 7) is 3.10. The second-order valence-electron chi connectivity index (χ2n) is 4.60. The molecule has 0 aromatic rings. The highest BCUT2D eigenvalue weighted by Gasteiger charge is 2.20. The standard InChI is InChI=1S/C11H22N4O2/c1-11(17,9-15(2)3)8-13-7-10(16)14-6-4-5-12/h13,17H,4,6-9H2,1-3H3,(H,14,16). The Bertz CT molecular complexity index is 271. The van der Waals surface area contributed by atoms with Crippen molar-refractivity contribution in [3.8, 4) is 6.07 Å². The molecule has 1 atom stereocenters. The van der Waals surface area contributed by atoms with Crippen molar-refractivity contribution in [1.82, 2.24) is 15.5 Å². The van der Waals surface area contributed by atoms with Crippen molar-refractivity contribution in [2.24, 2.45) is 0 Å². The lowest BCUT2D eigenvalue weighted by Gasteiger charge is -2.27. The van der Waals surface area contributed by atoms with Gasteiger partial charge in [-0.05, 0) is 21.0 Å². The molecule has 0 fully saturated rings. The summed E-state index contributed by atoms with van der Waals surface area (Å²) in [5.41, 5.74) is -0.865. The van der Waals surface area contributed by atoms with Crippen LogP contribution < -0.4 is 10.6 Å². The third-order valence-electron chi connectivity index (χ3n) is 2.01. The Hall–Kier alpha value is -1.16. The van der Waals surface area contributed by atoms with Crippen LogP contribution in [0.25, 0.3) is 0 Å². The number of carbonyl (C=O) groups is 1. The van der Waals surface area contributed by atoms with Gasteiger partial charge in [-0.2, -0.15) is 5.26 Å². The van der Waals surface area contributed by atoms with Gasteiger partial charge in [-0.15, -0.1) is 0 Å². The van der Waals surface area contributed by atoms with Crippen LogP contribution in [-0.4, -0.2) is 61.8 Å². The first kappa shape index (κ1) is 15.8. The van der Waals surface area contributed by atoms with Crippen LogP contribution in [0.3, 0.4) is 0 Å². The normalized spacial score (nSPS) is 14.1. The molecule has 6 heteroatoms. The fraction of sp³-hybridized carbons (Fsp3) is 0.818. The highest BCUT2D eigenvalue weighted by atomic mass is 16.3. The zero-order valence-corrected chi connectivity index (χ0v) is 10.8. The molecule has 98 valence electrons. The zero-order valence-electron chi connectivity index (χ0n) is 10.8. The Balaban J connectivity index is 3.68. The van der Waals surface area contributed by atoms with E-state index in [4.69, 9.17) is 5.26 Å². The van der Waals surface area contributed by atoms with Crippen LogP contribution in [0.5, 0.6) is 0 Å². The topological polar surface area (TPSA) is 88.4 Å². The Morgan fingerprint density at radius 2 is 2.18 bits per heavy atom. The number of amides is 1. The molecule has 0 aromatic heterocycles. The fourth-order valence-corrected chi connectivity index (χ4v) is 1.50. The van der Waals surface area contributed by atoms with Gasteiger partial charge in [0.25, 0.3) is 0 Å². The van der Waals surface area contributed by atoms with E-state index in [1.54, 1.807) is 6.92 Å². The molecule has 0 saturated heterocycles. The zero-order chi connectivity index (χ0) is 13.3. The quantitative estimate of drug-likeness (QED) is 0.471. The molecule has 1 unspecified atom stereocenters. The lowest BCUT2D eigenvalue weighted by molar-refractivity contribution is -0.120. The third kappa shape index (κ3) is 9.75. The van der Waals surface area contributed by atoms with Crippen molar-refractivity contribution in [2.45, 2.75) is 18.9 Å². The number of rotatable bonds is 8. The molecule has 0 aliphatic carbocycles. The number of hydrogen-bond acceptors (Lipinski definition) is 5. The van der Waals surface area contributed by atoms with Crippen molar-refractivity contribution in [2.75, 3.05) is 40.3 Å². The molecule has 0 aromatic carbocycles. The summed E-state index contributed by atoms with van der Waals surface area (Å²) in [5.74, 6) is -0.166. The predicted molar refractivity (Wildman–Crippen MR) is 65.3 cm³/mol. The van der Waals surface area contributed by atoms with E-state index in [1.165, 1.54) is 0 Å². The number of nitriles is 1. The van der Waals surface area contributed by atoms with Crippen LogP contribution in [0.4, 0.5) is 0 Å². The Kier molecular flexibility index (Phi) is 7.46. The maximum Gasteiger partial charge on any atom is 0.233 e. The molecule has 3 N–H and O–H groups in total. The smallest absolute Gasteiger partial charge is 0.233 e. The summed E-state index contributed by atoms with van der Waals surface area (Å²) in [4.78, 5) is 13.1. The molecule has 0 heterocycles. The van der Waals surface area contributed by atoms with Gasteiger partial charge < -0.3 is 20.6 Å². The molecule has 6 nitrogen and oxygen atoms in total. The van der Waals surface area contributed by atoms with E-state index < -0.39 is 5.60 Å². The minimum Gasteiger partial charge on any atom is -0.388 e. The van der Waals surface area contributed by atoms with Gasteiger partial charge in [0, 0.05) is 19.6 Å². The molecular formula is C11H22N4O2. The van der Waals surface area contributed by atoms with Gasteiger partial charge in [0.05, 0.1) is 24.6 Å². The monoisotopic (exact) mass is 242 g/mol. The molecule has 0 bridgehead atoms. The van der Waals surface area contributed by atoms with E-state index in [0.717, 1.165) is 0 Å². The van der Waals surface area contributed by atoms with Gasteiger partial charge in [0.15, 0.2) is 0 Å². The SMILES string of the molecule is CN(C)CC(C)(O)CNCC(=O)NCCC#N. The third-order valence-corrected chi connectivity index (χ3v) is 2.01. The average molecular weight is 242 g/mol. The number of nitrogens with one attached hydrogen (secondary N) is 2. The van der Waals surface area contributed by atoms with Gasteiger partial charge in [0.2, 0.25) is 5.91 Å². The number of nitrogens with zero attached hydrogens (tertiary/aromatic N) is 2. The second kappa shape index (κ2) is 8.01. The van der Waals surface area contributed by atoms with Gasteiger partial charge in [-0.1, -0.05) is 0 Å². The Morgan fingerprint density at radius 1 is 1.53 bits per heavy atom. The van der Waals surface area contributed by atoms with Gasteiger partial charge in [-0.25, -0.2) is 0 Å². The van der Waals surface area contributed by atoms with E-state index in [-0.39, 0.29) is 12.5 Å². The van der Waals surface area contributed by atoms with Crippen molar-refractivity contribution >= 4 is 5.91 Å². The number of likely N-dealkylation sites (N-methyl/N-ethyl adjacent to an activating group) is 1. The number of hydrogen-bond donors (Lipinski definition) is 3. The lowest BCUT2D eigenvalue weighted by atomic mass is 10.1. The minimum atomic E-state index is -0.865. The first-order chi connectivity index (χ1) is 7.87. The van der Waals surface area contributed by atoms with Crippen LogP contribution in [0.1, 0.15) is 13.3 Å². The largest absolute Gasteiger partial charge is 0.388 e. The molecule has 1 amide bonds. The van der Waals surface area contributed by atoms with E-state index >= 15 is 0 Å². The second-order valence-corrected chi connectivity index (χ2v) is 4.60. The number of carbonyl (C=O) groups excluding carboxylic acids is 1. The highest BCUT2D eigenvalue weighted by molar-refractivity contribution is 5.77. The molecular weight excluding hydrogens is 220 g/mol. The van der Waals surface area contributed by atoms with Gasteiger partial charge >= 0.3 is 0 Å². The van der Waals surface area contributed by atoms with Crippen LogP contribution in [0, 0.1) is 11.3 Å². The van der Waals surface area contributed by atoms with Crippen LogP contribution in [0.15, 0.2) is 0 Å². The summed E-state index contributed by atoms with van der Waals surface area (Å²) in [6.07, 6.45) is 0.310. The molecule has 0 aliphatic heterocycles. The van der Waals surface area contributed by atoms with Crippen molar-refractivity contribution in [1.29, 1.82) is 5.26 Å². The first-order valence-electron chi connectivity index (χ1n) is 5.59. The molecule has 0 saturated carbocycles. The van der Waals surface area contributed by atoms with Crippen LogP contribution in [0.2, 0.25) is 0 Å². The maximum absolute atomic E-state index is 11.3. The molecule has 17 heavy (non-hydrogen) atoms. The first-order valence-corrected chi connectivity index (χ1v) is 5.59. The lowest BCUT2D eigenvalue weighted by Crippen LogP contribution is -2.47. The molecule has 0 radical (unpaired) electrons. The fourth-order valence-electron chi connectivity index (χ4n) is 1.50. The molecule has 0 rings (SSSR count). The summed E-state index contributed by atoms with van der Waals surface area (Å²) < 4.78 is 0. The maximum atomic E-state index is 11.3. The van der Waals surface area contributed by atoms with Crippen LogP contribution in [-0.2, 0) is 4.79 Å². The van der Waals surface area contributed by atoms with E-state index in [0.29, 0.717) is 26.1 Å². The van der Waals surface area contributed by atoms with E-state index in [9.17, 15) is 9.90 Å². The number of aliphatic hydroxyl groups is 1. The summed E-state index contributed by atoms with van der Waals surface area (Å²) in [5, 5.41) is 23.7.